The molecule has 0 aromatic heterocycles. The van der Waals surface area contributed by atoms with E-state index in [1.807, 2.05) is 0 Å². The van der Waals surface area contributed by atoms with Gasteiger partial charge in [0.25, 0.3) is 0 Å². The van der Waals surface area contributed by atoms with Gasteiger partial charge in [0.2, 0.25) is 5.91 Å². The Hall–Kier alpha value is -1.91. The zero-order chi connectivity index (χ0) is 20.4. The molecule has 0 rings (SSSR count). The summed E-state index contributed by atoms with van der Waals surface area (Å²) in [5.74, 6) is -0.468. The second-order valence-electron chi connectivity index (χ2n) is 9.01. The van der Waals surface area contributed by atoms with E-state index in [1.54, 1.807) is 18.4 Å². The number of carbonyl (C=O) groups excluding carboxylic acids is 3. The summed E-state index contributed by atoms with van der Waals surface area (Å²) < 4.78 is 4.51. The topological polar surface area (TPSA) is 72.5 Å². The van der Waals surface area contributed by atoms with Gasteiger partial charge in [0.1, 0.15) is 6.29 Å². The van der Waals surface area contributed by atoms with Crippen LogP contribution in [0.5, 0.6) is 0 Å². The SMILES string of the molecule is COC(=O)CCC(=O)N/C=C\C(=C/C=O)C(CC(C)(C)C)CC(C)(C)C. The molecular formula is C21H35NO4. The third-order valence-electron chi connectivity index (χ3n) is 3.75. The standard InChI is InChI=1S/C21H35NO4/c1-20(2,3)14-17(15-21(4,5)6)16(11-13-23)10-12-22-18(24)8-9-19(25)26-7/h10-13,17H,8-9,14-15H2,1-7H3,(H,22,24)/b12-10-,16-11+. The Labute approximate surface area is 158 Å². The summed E-state index contributed by atoms with van der Waals surface area (Å²) in [5, 5.41) is 2.65. The molecule has 0 atom stereocenters. The maximum atomic E-state index is 11.8. The van der Waals surface area contributed by atoms with Crippen molar-refractivity contribution in [3.63, 3.8) is 0 Å². The van der Waals surface area contributed by atoms with E-state index in [0.29, 0.717) is 0 Å². The number of carbonyl (C=O) groups is 3. The number of esters is 1. The number of aldehydes is 1. The van der Waals surface area contributed by atoms with Crippen LogP contribution in [0.4, 0.5) is 0 Å². The fourth-order valence-corrected chi connectivity index (χ4v) is 2.81. The van der Waals surface area contributed by atoms with Crippen LogP contribution in [-0.4, -0.2) is 25.3 Å². The number of nitrogens with one attached hydrogen (secondary N) is 1. The highest BCUT2D eigenvalue weighted by Gasteiger charge is 2.25. The van der Waals surface area contributed by atoms with Crippen LogP contribution < -0.4 is 5.32 Å². The summed E-state index contributed by atoms with van der Waals surface area (Å²) in [6, 6.07) is 0. The van der Waals surface area contributed by atoms with Crippen molar-refractivity contribution in [2.45, 2.75) is 67.2 Å². The van der Waals surface area contributed by atoms with E-state index in [-0.39, 0.29) is 35.5 Å². The Kier molecular flexibility index (Phi) is 10.1. The van der Waals surface area contributed by atoms with Gasteiger partial charge in [0.15, 0.2) is 0 Å². The van der Waals surface area contributed by atoms with Crippen molar-refractivity contribution in [2.75, 3.05) is 7.11 Å². The van der Waals surface area contributed by atoms with E-state index in [2.05, 4.69) is 51.6 Å². The number of hydrogen-bond donors (Lipinski definition) is 1. The van der Waals surface area contributed by atoms with Gasteiger partial charge in [-0.05, 0) is 47.3 Å². The van der Waals surface area contributed by atoms with E-state index in [4.69, 9.17) is 0 Å². The second kappa shape index (κ2) is 10.9. The van der Waals surface area contributed by atoms with Crippen molar-refractivity contribution >= 4 is 18.2 Å². The van der Waals surface area contributed by atoms with Crippen LogP contribution in [0.15, 0.2) is 23.9 Å². The van der Waals surface area contributed by atoms with Crippen LogP contribution in [-0.2, 0) is 19.1 Å². The highest BCUT2D eigenvalue weighted by Crippen LogP contribution is 2.37. The molecule has 5 nitrogen and oxygen atoms in total. The predicted molar refractivity (Wildman–Crippen MR) is 104 cm³/mol. The lowest BCUT2D eigenvalue weighted by Gasteiger charge is -2.32. The minimum absolute atomic E-state index is 0.0455. The van der Waals surface area contributed by atoms with Crippen LogP contribution in [0.25, 0.3) is 0 Å². The van der Waals surface area contributed by atoms with Gasteiger partial charge >= 0.3 is 5.97 Å². The summed E-state index contributed by atoms with van der Waals surface area (Å²) in [5.41, 5.74) is 1.14. The molecule has 0 saturated heterocycles. The second-order valence-corrected chi connectivity index (χ2v) is 9.01. The molecule has 0 heterocycles. The maximum absolute atomic E-state index is 11.8. The van der Waals surface area contributed by atoms with Crippen LogP contribution >= 0.6 is 0 Å². The quantitative estimate of drug-likeness (QED) is 0.288. The molecule has 0 unspecified atom stereocenters. The number of ether oxygens (including phenoxy) is 1. The van der Waals surface area contributed by atoms with Gasteiger partial charge in [-0.1, -0.05) is 41.5 Å². The average molecular weight is 366 g/mol. The van der Waals surface area contributed by atoms with Gasteiger partial charge in [-0.3, -0.25) is 14.4 Å². The Morgan fingerprint density at radius 3 is 1.96 bits per heavy atom. The van der Waals surface area contributed by atoms with Crippen LogP contribution in [0, 0.1) is 16.7 Å². The number of amides is 1. The fourth-order valence-electron chi connectivity index (χ4n) is 2.81. The van der Waals surface area contributed by atoms with E-state index in [1.165, 1.54) is 7.11 Å². The zero-order valence-electron chi connectivity index (χ0n) is 17.3. The predicted octanol–water partition coefficient (Wildman–Crippen LogP) is 4.18. The van der Waals surface area contributed by atoms with E-state index in [0.717, 1.165) is 24.7 Å². The molecule has 26 heavy (non-hydrogen) atoms. The van der Waals surface area contributed by atoms with Crippen molar-refractivity contribution < 1.29 is 19.1 Å². The Bertz CT molecular complexity index is 517. The first-order chi connectivity index (χ1) is 11.9. The summed E-state index contributed by atoms with van der Waals surface area (Å²) in [7, 11) is 1.29. The molecule has 0 aliphatic rings. The van der Waals surface area contributed by atoms with Gasteiger partial charge in [0.05, 0.1) is 13.5 Å². The molecule has 0 saturated carbocycles. The summed E-state index contributed by atoms with van der Waals surface area (Å²) in [6.07, 6.45) is 7.67. The van der Waals surface area contributed by atoms with Gasteiger partial charge < -0.3 is 10.1 Å². The van der Waals surface area contributed by atoms with E-state index >= 15 is 0 Å². The van der Waals surface area contributed by atoms with Crippen molar-refractivity contribution in [3.05, 3.63) is 23.9 Å². The number of methoxy groups -OCH3 is 1. The van der Waals surface area contributed by atoms with E-state index in [9.17, 15) is 14.4 Å². The van der Waals surface area contributed by atoms with Crippen molar-refractivity contribution in [1.82, 2.24) is 5.32 Å². The fraction of sp³-hybridized carbons (Fsp3) is 0.667. The average Bonchev–Trinajstić information content (AvgIpc) is 2.48. The lowest BCUT2D eigenvalue weighted by Crippen LogP contribution is -2.21. The Balaban J connectivity index is 5.09. The third kappa shape index (κ3) is 12.5. The minimum atomic E-state index is -0.416. The molecule has 0 bridgehead atoms. The molecule has 0 aliphatic carbocycles. The number of allylic oxidation sites excluding steroid dienone is 3. The monoisotopic (exact) mass is 365 g/mol. The van der Waals surface area contributed by atoms with Gasteiger partial charge in [-0.15, -0.1) is 0 Å². The van der Waals surface area contributed by atoms with Crippen LogP contribution in [0.1, 0.15) is 67.2 Å². The molecule has 0 aliphatic heterocycles. The molecule has 0 aromatic rings. The lowest BCUT2D eigenvalue weighted by atomic mass is 9.73. The molecule has 148 valence electrons. The molecule has 0 aromatic carbocycles. The van der Waals surface area contributed by atoms with Gasteiger partial charge in [0, 0.05) is 12.6 Å². The molecule has 1 amide bonds. The third-order valence-corrected chi connectivity index (χ3v) is 3.75. The molecular weight excluding hydrogens is 330 g/mol. The van der Waals surface area contributed by atoms with E-state index < -0.39 is 5.97 Å². The summed E-state index contributed by atoms with van der Waals surface area (Å²) in [4.78, 5) is 34.0. The zero-order valence-corrected chi connectivity index (χ0v) is 17.3. The highest BCUT2D eigenvalue weighted by atomic mass is 16.5. The van der Waals surface area contributed by atoms with Crippen molar-refractivity contribution in [2.24, 2.45) is 16.7 Å². The first-order valence-corrected chi connectivity index (χ1v) is 9.06. The molecule has 0 spiro atoms. The Morgan fingerprint density at radius 1 is 1.00 bits per heavy atom. The smallest absolute Gasteiger partial charge is 0.306 e. The molecule has 5 heteroatoms. The van der Waals surface area contributed by atoms with Crippen LogP contribution in [0.2, 0.25) is 0 Å². The first-order valence-electron chi connectivity index (χ1n) is 9.06. The minimum Gasteiger partial charge on any atom is -0.469 e. The van der Waals surface area contributed by atoms with Crippen molar-refractivity contribution in [1.29, 1.82) is 0 Å². The maximum Gasteiger partial charge on any atom is 0.306 e. The normalized spacial score (nSPS) is 13.2. The highest BCUT2D eigenvalue weighted by molar-refractivity contribution is 5.81. The Morgan fingerprint density at radius 2 is 1.54 bits per heavy atom. The number of rotatable bonds is 9. The molecule has 0 radical (unpaired) electrons. The molecule has 0 fully saturated rings. The van der Waals surface area contributed by atoms with Gasteiger partial charge in [-0.25, -0.2) is 0 Å². The van der Waals surface area contributed by atoms with Crippen molar-refractivity contribution in [3.8, 4) is 0 Å². The molecule has 1 N–H and O–H groups in total. The largest absolute Gasteiger partial charge is 0.469 e. The van der Waals surface area contributed by atoms with Gasteiger partial charge in [-0.2, -0.15) is 0 Å². The van der Waals surface area contributed by atoms with Crippen LogP contribution in [0.3, 0.4) is 0 Å². The lowest BCUT2D eigenvalue weighted by molar-refractivity contribution is -0.142. The number of hydrogen-bond acceptors (Lipinski definition) is 4. The summed E-state index contributed by atoms with van der Waals surface area (Å²) in [6.45, 7) is 13.1. The first kappa shape index (κ1) is 24.1. The summed E-state index contributed by atoms with van der Waals surface area (Å²) >= 11 is 0.